The average Bonchev–Trinajstić information content (AvgIpc) is 3.62. The van der Waals surface area contributed by atoms with Crippen molar-refractivity contribution in [3.8, 4) is 17.0 Å². The van der Waals surface area contributed by atoms with E-state index in [0.29, 0.717) is 34.0 Å². The molecule has 1 fully saturated rings. The fourth-order valence-electron chi connectivity index (χ4n) is 4.97. The van der Waals surface area contributed by atoms with Crippen molar-refractivity contribution in [1.82, 2.24) is 24.6 Å². The first-order valence-electron chi connectivity index (χ1n) is 13.5. The number of anilines is 6. The summed E-state index contributed by atoms with van der Waals surface area (Å²) in [5.41, 5.74) is 4.52. The Kier molecular flexibility index (Phi) is 8.60. The lowest BCUT2D eigenvalue weighted by Crippen LogP contribution is -2.34. The second-order valence-electron chi connectivity index (χ2n) is 10.1. The van der Waals surface area contributed by atoms with E-state index in [2.05, 4.69) is 54.4 Å². The van der Waals surface area contributed by atoms with Crippen LogP contribution in [0.4, 0.5) is 34.5 Å². The molecule has 218 valence electrons. The SMILES string of the molecule is C=CC(=O)Nc1cc(Nc2ncc(Cl)c(Nc3ccccc3-c3ccn(C)n3)n2)c(OC)cc1N(C)C1CCN(C)C1. The quantitative estimate of drug-likeness (QED) is 0.213. The summed E-state index contributed by atoms with van der Waals surface area (Å²) in [6, 6.07) is 13.7. The van der Waals surface area contributed by atoms with Gasteiger partial charge in [-0.15, -0.1) is 0 Å². The monoisotopic (exact) mass is 587 g/mol. The normalized spacial score (nSPS) is 14.8. The van der Waals surface area contributed by atoms with Crippen LogP contribution in [-0.2, 0) is 11.8 Å². The summed E-state index contributed by atoms with van der Waals surface area (Å²) in [4.78, 5) is 25.9. The van der Waals surface area contributed by atoms with Crippen LogP contribution in [0.25, 0.3) is 11.3 Å². The Morgan fingerprint density at radius 3 is 2.67 bits per heavy atom. The summed E-state index contributed by atoms with van der Waals surface area (Å²) in [6.45, 7) is 5.54. The average molecular weight is 588 g/mol. The molecule has 42 heavy (non-hydrogen) atoms. The van der Waals surface area contributed by atoms with E-state index in [4.69, 9.17) is 16.3 Å². The highest BCUT2D eigenvalue weighted by Gasteiger charge is 2.26. The number of aromatic nitrogens is 4. The molecule has 1 aliphatic rings. The van der Waals surface area contributed by atoms with Gasteiger partial charge in [0.15, 0.2) is 5.82 Å². The fourth-order valence-corrected chi connectivity index (χ4v) is 5.11. The molecular weight excluding hydrogens is 554 g/mol. The van der Waals surface area contributed by atoms with Gasteiger partial charge in [-0.1, -0.05) is 36.4 Å². The molecule has 2 aromatic carbocycles. The third-order valence-corrected chi connectivity index (χ3v) is 7.49. The summed E-state index contributed by atoms with van der Waals surface area (Å²) in [7, 11) is 7.60. The van der Waals surface area contributed by atoms with Crippen LogP contribution in [0.2, 0.25) is 5.02 Å². The first kappa shape index (κ1) is 28.9. The van der Waals surface area contributed by atoms with Gasteiger partial charge in [0.25, 0.3) is 0 Å². The number of methoxy groups -OCH3 is 1. The molecular formula is C30H34ClN9O2. The third kappa shape index (κ3) is 6.32. The molecule has 11 nitrogen and oxygen atoms in total. The van der Waals surface area contributed by atoms with Crippen LogP contribution in [0.15, 0.2) is 67.5 Å². The molecule has 2 aromatic heterocycles. The number of halogens is 1. The summed E-state index contributed by atoms with van der Waals surface area (Å²) in [5, 5.41) is 14.4. The number of para-hydroxylation sites is 1. The molecule has 12 heteroatoms. The highest BCUT2D eigenvalue weighted by molar-refractivity contribution is 6.33. The zero-order chi connectivity index (χ0) is 29.8. The number of hydrogen-bond acceptors (Lipinski definition) is 9. The Labute approximate surface area is 250 Å². The van der Waals surface area contributed by atoms with Crippen molar-refractivity contribution in [3.05, 3.63) is 72.5 Å². The topological polar surface area (TPSA) is 112 Å². The van der Waals surface area contributed by atoms with Gasteiger partial charge in [0, 0.05) is 50.2 Å². The van der Waals surface area contributed by atoms with E-state index in [1.807, 2.05) is 62.8 Å². The van der Waals surface area contributed by atoms with Crippen LogP contribution < -0.4 is 25.6 Å². The number of ether oxygens (including phenoxy) is 1. The Balaban J connectivity index is 1.46. The van der Waals surface area contributed by atoms with E-state index in [0.717, 1.165) is 42.1 Å². The minimum absolute atomic E-state index is 0.287. The van der Waals surface area contributed by atoms with Gasteiger partial charge in [0.05, 0.1) is 36.1 Å². The molecule has 0 radical (unpaired) electrons. The molecule has 0 spiro atoms. The maximum atomic E-state index is 12.4. The molecule has 1 unspecified atom stereocenters. The zero-order valence-corrected chi connectivity index (χ0v) is 24.8. The van der Waals surface area contributed by atoms with Gasteiger partial charge in [-0.25, -0.2) is 4.98 Å². The Morgan fingerprint density at radius 1 is 1.17 bits per heavy atom. The Bertz CT molecular complexity index is 1610. The highest BCUT2D eigenvalue weighted by Crippen LogP contribution is 2.40. The van der Waals surface area contributed by atoms with Crippen LogP contribution in [0.3, 0.4) is 0 Å². The van der Waals surface area contributed by atoms with Gasteiger partial charge in [-0.05, 0) is 44.3 Å². The lowest BCUT2D eigenvalue weighted by atomic mass is 10.1. The summed E-state index contributed by atoms with van der Waals surface area (Å²) in [6.07, 6.45) is 5.67. The van der Waals surface area contributed by atoms with Crippen LogP contribution in [0, 0.1) is 0 Å². The first-order chi connectivity index (χ1) is 20.2. The van der Waals surface area contributed by atoms with Crippen molar-refractivity contribution in [3.63, 3.8) is 0 Å². The van der Waals surface area contributed by atoms with Crippen molar-refractivity contribution >= 4 is 52.0 Å². The number of hydrogen-bond donors (Lipinski definition) is 3. The molecule has 0 aliphatic carbocycles. The van der Waals surface area contributed by atoms with Gasteiger partial charge in [0.1, 0.15) is 10.8 Å². The molecule has 5 rings (SSSR count). The van der Waals surface area contributed by atoms with E-state index in [9.17, 15) is 4.79 Å². The summed E-state index contributed by atoms with van der Waals surface area (Å²) >= 11 is 6.51. The van der Waals surface area contributed by atoms with Crippen molar-refractivity contribution in [1.29, 1.82) is 0 Å². The van der Waals surface area contributed by atoms with Crippen LogP contribution in [-0.4, -0.2) is 70.9 Å². The maximum absolute atomic E-state index is 12.4. The Morgan fingerprint density at radius 2 is 1.98 bits per heavy atom. The predicted octanol–water partition coefficient (Wildman–Crippen LogP) is 5.29. The second-order valence-corrected chi connectivity index (χ2v) is 10.5. The highest BCUT2D eigenvalue weighted by atomic mass is 35.5. The second kappa shape index (κ2) is 12.5. The number of nitrogens with zero attached hydrogens (tertiary/aromatic N) is 6. The number of benzene rings is 2. The van der Waals surface area contributed by atoms with E-state index in [-0.39, 0.29) is 11.9 Å². The summed E-state index contributed by atoms with van der Waals surface area (Å²) < 4.78 is 7.51. The Hall–Kier alpha value is -4.61. The van der Waals surface area contributed by atoms with E-state index < -0.39 is 0 Å². The number of likely N-dealkylation sites (tertiary alicyclic amines) is 1. The van der Waals surface area contributed by atoms with E-state index >= 15 is 0 Å². The first-order valence-corrected chi connectivity index (χ1v) is 13.9. The minimum atomic E-state index is -0.315. The number of carbonyl (C=O) groups is 1. The molecule has 0 saturated carbocycles. The lowest BCUT2D eigenvalue weighted by molar-refractivity contribution is -0.111. The summed E-state index contributed by atoms with van der Waals surface area (Å²) in [5.74, 6) is 0.951. The van der Waals surface area contributed by atoms with E-state index in [1.165, 1.54) is 12.3 Å². The van der Waals surface area contributed by atoms with Crippen molar-refractivity contribution in [2.24, 2.45) is 7.05 Å². The number of rotatable bonds is 10. The molecule has 3 heterocycles. The molecule has 3 N–H and O–H groups in total. The van der Waals surface area contributed by atoms with Crippen molar-refractivity contribution in [2.75, 3.05) is 55.1 Å². The molecule has 0 bridgehead atoms. The molecule has 1 saturated heterocycles. The van der Waals surface area contributed by atoms with Crippen molar-refractivity contribution in [2.45, 2.75) is 12.5 Å². The van der Waals surface area contributed by atoms with Crippen LogP contribution >= 0.6 is 11.6 Å². The fraction of sp³-hybridized carbons (Fsp3) is 0.267. The third-order valence-electron chi connectivity index (χ3n) is 7.22. The number of nitrogens with one attached hydrogen (secondary N) is 3. The van der Waals surface area contributed by atoms with Crippen LogP contribution in [0.1, 0.15) is 6.42 Å². The van der Waals surface area contributed by atoms with Gasteiger partial charge < -0.3 is 30.5 Å². The van der Waals surface area contributed by atoms with Gasteiger partial charge in [-0.3, -0.25) is 9.48 Å². The minimum Gasteiger partial charge on any atom is -0.494 e. The number of likely N-dealkylation sites (N-methyl/N-ethyl adjacent to an activating group) is 2. The largest absolute Gasteiger partial charge is 0.494 e. The lowest BCUT2D eigenvalue weighted by Gasteiger charge is -2.29. The van der Waals surface area contributed by atoms with Gasteiger partial charge in [-0.2, -0.15) is 10.1 Å². The predicted molar refractivity (Wildman–Crippen MR) is 168 cm³/mol. The van der Waals surface area contributed by atoms with E-state index in [1.54, 1.807) is 11.8 Å². The molecule has 1 amide bonds. The molecule has 1 aliphatic heterocycles. The van der Waals surface area contributed by atoms with Crippen LogP contribution in [0.5, 0.6) is 5.75 Å². The number of amides is 1. The van der Waals surface area contributed by atoms with Gasteiger partial charge >= 0.3 is 0 Å². The zero-order valence-electron chi connectivity index (χ0n) is 24.1. The molecule has 1 atom stereocenters. The smallest absolute Gasteiger partial charge is 0.247 e. The molecule has 4 aromatic rings. The van der Waals surface area contributed by atoms with Gasteiger partial charge in [0.2, 0.25) is 11.9 Å². The maximum Gasteiger partial charge on any atom is 0.247 e. The number of aryl methyl sites for hydroxylation is 1. The number of carbonyl (C=O) groups excluding carboxylic acids is 1. The van der Waals surface area contributed by atoms with Crippen molar-refractivity contribution < 1.29 is 9.53 Å². The standard InChI is InChI=1S/C30H34ClN9O2/c1-6-28(41)33-24-15-25(27(42-5)16-26(24)40(4)19-11-13-38(2)18-19)35-30-32-17-21(31)29(36-30)34-22-10-8-7-9-20(22)23-12-14-39(3)37-23/h6-10,12,14-17,19H,1,11,13,18H2,2-5H3,(H,33,41)(H2,32,34,35,36).